The van der Waals surface area contributed by atoms with E-state index in [0.717, 1.165) is 0 Å². The molecule has 0 atom stereocenters. The number of fused-ring (bicyclic) bond motifs is 1. The van der Waals surface area contributed by atoms with Crippen LogP contribution < -0.4 is 10.7 Å². The molecule has 3 aromatic rings. The van der Waals surface area contributed by atoms with Crippen molar-refractivity contribution in [3.8, 4) is 0 Å². The maximum Gasteiger partial charge on any atom is 0.262 e. The van der Waals surface area contributed by atoms with Gasteiger partial charge in [0, 0.05) is 10.8 Å². The molecule has 0 aliphatic rings. The number of nitrogens with two attached hydrogens (primary N) is 1. The number of hydrogen-bond acceptors (Lipinski definition) is 6. The Balaban J connectivity index is 1.96. The maximum absolute atomic E-state index is 12.9. The van der Waals surface area contributed by atoms with Gasteiger partial charge in [0.2, 0.25) is 10.0 Å². The van der Waals surface area contributed by atoms with Crippen LogP contribution in [0.25, 0.3) is 10.9 Å². The standard InChI is InChI=1S/C16H16ClN3O4S2/c17-11-4-5-13-14(9-11)19-16(25-7-2-8-26(18,22)23)20(15(13)21)10-12-3-1-6-24-12/h1,3-6,9H,2,7-8,10H2,(H2,18,22,23). The van der Waals surface area contributed by atoms with Crippen LogP contribution in [0.3, 0.4) is 0 Å². The van der Waals surface area contributed by atoms with E-state index in [1.54, 1.807) is 30.3 Å². The summed E-state index contributed by atoms with van der Waals surface area (Å²) < 4.78 is 29.0. The predicted octanol–water partition coefficient (Wildman–Crippen LogP) is 2.46. The number of thioether (sulfide) groups is 1. The summed E-state index contributed by atoms with van der Waals surface area (Å²) in [5.41, 5.74) is 0.282. The van der Waals surface area contributed by atoms with Gasteiger partial charge in [-0.15, -0.1) is 0 Å². The van der Waals surface area contributed by atoms with E-state index < -0.39 is 10.0 Å². The summed E-state index contributed by atoms with van der Waals surface area (Å²) >= 11 is 7.30. The van der Waals surface area contributed by atoms with Crippen molar-refractivity contribution in [3.63, 3.8) is 0 Å². The first-order valence-electron chi connectivity index (χ1n) is 7.69. The van der Waals surface area contributed by atoms with Crippen molar-refractivity contribution in [2.45, 2.75) is 18.1 Å². The van der Waals surface area contributed by atoms with Gasteiger partial charge in [-0.05, 0) is 36.8 Å². The molecule has 0 bridgehead atoms. The minimum Gasteiger partial charge on any atom is -0.467 e. The fourth-order valence-corrected chi connectivity index (χ4v) is 4.24. The molecule has 26 heavy (non-hydrogen) atoms. The Labute approximate surface area is 159 Å². The smallest absolute Gasteiger partial charge is 0.262 e. The van der Waals surface area contributed by atoms with Crippen LogP contribution in [0.1, 0.15) is 12.2 Å². The van der Waals surface area contributed by atoms with E-state index in [-0.39, 0.29) is 17.9 Å². The average Bonchev–Trinajstić information content (AvgIpc) is 3.07. The zero-order valence-electron chi connectivity index (χ0n) is 13.6. The molecule has 0 radical (unpaired) electrons. The van der Waals surface area contributed by atoms with Crippen LogP contribution >= 0.6 is 23.4 Å². The Morgan fingerprint density at radius 3 is 2.81 bits per heavy atom. The lowest BCUT2D eigenvalue weighted by atomic mass is 10.2. The van der Waals surface area contributed by atoms with Gasteiger partial charge in [-0.25, -0.2) is 18.5 Å². The van der Waals surface area contributed by atoms with Crippen LogP contribution in [0.5, 0.6) is 0 Å². The third kappa shape index (κ3) is 4.67. The average molecular weight is 414 g/mol. The largest absolute Gasteiger partial charge is 0.467 e. The van der Waals surface area contributed by atoms with E-state index in [0.29, 0.717) is 39.0 Å². The first kappa shape index (κ1) is 19.0. The molecule has 2 heterocycles. The van der Waals surface area contributed by atoms with Crippen LogP contribution in [0, 0.1) is 0 Å². The van der Waals surface area contributed by atoms with E-state index in [1.807, 2.05) is 0 Å². The third-order valence-corrected chi connectivity index (χ3v) is 5.74. The molecule has 3 rings (SSSR count). The lowest BCUT2D eigenvalue weighted by molar-refractivity contribution is 0.476. The first-order chi connectivity index (χ1) is 12.3. The summed E-state index contributed by atoms with van der Waals surface area (Å²) in [6.07, 6.45) is 1.89. The molecular weight excluding hydrogens is 398 g/mol. The fourth-order valence-electron chi connectivity index (χ4n) is 2.41. The highest BCUT2D eigenvalue weighted by Crippen LogP contribution is 2.22. The van der Waals surface area contributed by atoms with Crippen LogP contribution in [0.15, 0.2) is 51.0 Å². The molecular formula is C16H16ClN3O4S2. The van der Waals surface area contributed by atoms with Gasteiger partial charge in [0.1, 0.15) is 5.76 Å². The molecule has 0 aliphatic heterocycles. The van der Waals surface area contributed by atoms with Crippen LogP contribution in [-0.4, -0.2) is 29.5 Å². The number of nitrogens with zero attached hydrogens (tertiary/aromatic N) is 2. The highest BCUT2D eigenvalue weighted by molar-refractivity contribution is 7.99. The van der Waals surface area contributed by atoms with Gasteiger partial charge < -0.3 is 4.42 Å². The molecule has 0 saturated carbocycles. The highest BCUT2D eigenvalue weighted by Gasteiger charge is 2.14. The molecule has 0 saturated heterocycles. The third-order valence-electron chi connectivity index (χ3n) is 3.58. The molecule has 0 aliphatic carbocycles. The number of benzene rings is 1. The van der Waals surface area contributed by atoms with Gasteiger partial charge in [0.25, 0.3) is 5.56 Å². The summed E-state index contributed by atoms with van der Waals surface area (Å²) in [5, 5.41) is 6.42. The van der Waals surface area contributed by atoms with Crippen molar-refractivity contribution in [3.05, 3.63) is 57.7 Å². The van der Waals surface area contributed by atoms with Crippen LogP contribution in [-0.2, 0) is 16.6 Å². The summed E-state index contributed by atoms with van der Waals surface area (Å²) in [4.78, 5) is 17.4. The van der Waals surface area contributed by atoms with Crippen molar-refractivity contribution < 1.29 is 12.8 Å². The summed E-state index contributed by atoms with van der Waals surface area (Å²) in [7, 11) is -3.51. The number of halogens is 1. The van der Waals surface area contributed by atoms with Gasteiger partial charge in [0.05, 0.1) is 29.5 Å². The molecule has 2 N–H and O–H groups in total. The molecule has 10 heteroatoms. The fraction of sp³-hybridized carbons (Fsp3) is 0.250. The zero-order chi connectivity index (χ0) is 18.7. The number of sulfonamides is 1. The quantitative estimate of drug-likeness (QED) is 0.362. The lowest BCUT2D eigenvalue weighted by Crippen LogP contribution is -2.24. The minimum atomic E-state index is -3.51. The van der Waals surface area contributed by atoms with Crippen molar-refractivity contribution >= 4 is 44.3 Å². The van der Waals surface area contributed by atoms with Crippen molar-refractivity contribution in [2.24, 2.45) is 5.14 Å². The molecule has 0 fully saturated rings. The molecule has 0 unspecified atom stereocenters. The van der Waals surface area contributed by atoms with E-state index in [1.165, 1.54) is 22.6 Å². The first-order valence-corrected chi connectivity index (χ1v) is 10.8. The Bertz CT molecular complexity index is 1080. The Kier molecular flexibility index (Phi) is 5.71. The highest BCUT2D eigenvalue weighted by atomic mass is 35.5. The Morgan fingerprint density at radius 1 is 1.31 bits per heavy atom. The molecule has 0 spiro atoms. The number of aromatic nitrogens is 2. The molecule has 2 aromatic heterocycles. The second kappa shape index (κ2) is 7.83. The number of rotatable bonds is 7. The van der Waals surface area contributed by atoms with E-state index >= 15 is 0 Å². The molecule has 7 nitrogen and oxygen atoms in total. The number of primary sulfonamides is 1. The van der Waals surface area contributed by atoms with Gasteiger partial charge in [0.15, 0.2) is 5.16 Å². The monoisotopic (exact) mass is 413 g/mol. The zero-order valence-corrected chi connectivity index (χ0v) is 16.0. The summed E-state index contributed by atoms with van der Waals surface area (Å²) in [6, 6.07) is 8.43. The van der Waals surface area contributed by atoms with E-state index in [9.17, 15) is 13.2 Å². The van der Waals surface area contributed by atoms with Gasteiger partial charge >= 0.3 is 0 Å². The minimum absolute atomic E-state index is 0.123. The molecule has 1 aromatic carbocycles. The Hall–Kier alpha value is -1.81. The van der Waals surface area contributed by atoms with Crippen molar-refractivity contribution in [2.75, 3.05) is 11.5 Å². The second-order valence-electron chi connectivity index (χ2n) is 5.60. The SMILES string of the molecule is NS(=O)(=O)CCCSc1nc2cc(Cl)ccc2c(=O)n1Cc1ccco1. The van der Waals surface area contributed by atoms with Crippen molar-refractivity contribution in [1.29, 1.82) is 0 Å². The normalized spacial score (nSPS) is 11.9. The maximum atomic E-state index is 12.9. The van der Waals surface area contributed by atoms with E-state index in [2.05, 4.69) is 4.98 Å². The summed E-state index contributed by atoms with van der Waals surface area (Å²) in [6.45, 7) is 0.231. The van der Waals surface area contributed by atoms with Gasteiger partial charge in [-0.3, -0.25) is 9.36 Å². The lowest BCUT2D eigenvalue weighted by Gasteiger charge is -2.12. The summed E-state index contributed by atoms with van der Waals surface area (Å²) in [5.74, 6) is 0.947. The van der Waals surface area contributed by atoms with Crippen LogP contribution in [0.4, 0.5) is 0 Å². The van der Waals surface area contributed by atoms with E-state index in [4.69, 9.17) is 21.2 Å². The number of furan rings is 1. The van der Waals surface area contributed by atoms with Gasteiger partial charge in [-0.2, -0.15) is 0 Å². The topological polar surface area (TPSA) is 108 Å². The number of hydrogen-bond donors (Lipinski definition) is 1. The van der Waals surface area contributed by atoms with Crippen molar-refractivity contribution in [1.82, 2.24) is 9.55 Å². The second-order valence-corrected chi connectivity index (χ2v) is 8.83. The molecule has 138 valence electrons. The van der Waals surface area contributed by atoms with Gasteiger partial charge in [-0.1, -0.05) is 23.4 Å². The predicted molar refractivity (Wildman–Crippen MR) is 102 cm³/mol. The molecule has 0 amide bonds. The Morgan fingerprint density at radius 2 is 2.12 bits per heavy atom. The van der Waals surface area contributed by atoms with Crippen LogP contribution in [0.2, 0.25) is 5.02 Å².